The fourth-order valence-electron chi connectivity index (χ4n) is 6.55. The number of thioether (sulfide) groups is 1. The fourth-order valence-corrected chi connectivity index (χ4v) is 8.34. The zero-order chi connectivity index (χ0) is 27.3. The van der Waals surface area contributed by atoms with Gasteiger partial charge in [0.2, 0.25) is 0 Å². The van der Waals surface area contributed by atoms with Gasteiger partial charge in [0.25, 0.3) is 5.69 Å². The van der Waals surface area contributed by atoms with E-state index in [2.05, 4.69) is 59.6 Å². The van der Waals surface area contributed by atoms with E-state index in [1.807, 2.05) is 46.8 Å². The van der Waals surface area contributed by atoms with Crippen LogP contribution in [0.5, 0.6) is 0 Å². The molecule has 0 saturated heterocycles. The average Bonchev–Trinajstić information content (AvgIpc) is 3.47. The lowest BCUT2D eigenvalue weighted by atomic mass is 9.87. The number of hydrogen-bond donors (Lipinski definition) is 1. The number of nitrogens with one attached hydrogen (secondary N) is 1. The predicted octanol–water partition coefficient (Wildman–Crippen LogP) is 7.72. The van der Waals surface area contributed by atoms with Gasteiger partial charge in [0.05, 0.1) is 21.2 Å². The standard InChI is InChI=1S/C32H31N5O2S/c1-22-27-28(24-15-17-26(18-16-24)37(38)39)29-31(33-30(27)36(34-22)25-13-7-3-8-14-25)35(21-23-11-5-2-6-12-23)32(40-29)19-9-4-10-20-32/h2-3,5-8,11-18,28,33H,4,9-10,19-21H2,1H3. The van der Waals surface area contributed by atoms with Gasteiger partial charge in [-0.15, -0.1) is 0 Å². The highest BCUT2D eigenvalue weighted by molar-refractivity contribution is 8.04. The van der Waals surface area contributed by atoms with Crippen molar-refractivity contribution >= 4 is 23.3 Å². The van der Waals surface area contributed by atoms with Crippen LogP contribution in [0.25, 0.3) is 5.69 Å². The van der Waals surface area contributed by atoms with Crippen molar-refractivity contribution in [3.05, 3.63) is 128 Å². The Labute approximate surface area is 238 Å². The van der Waals surface area contributed by atoms with Crippen LogP contribution in [0.3, 0.4) is 0 Å². The maximum absolute atomic E-state index is 11.5. The van der Waals surface area contributed by atoms with E-state index < -0.39 is 0 Å². The second kappa shape index (κ2) is 9.86. The number of aryl methyl sites for hydroxylation is 1. The van der Waals surface area contributed by atoms with Gasteiger partial charge in [-0.3, -0.25) is 10.1 Å². The van der Waals surface area contributed by atoms with Gasteiger partial charge in [-0.2, -0.15) is 5.10 Å². The van der Waals surface area contributed by atoms with Crippen molar-refractivity contribution in [3.63, 3.8) is 0 Å². The Balaban J connectivity index is 1.42. The number of benzene rings is 3. The molecule has 1 spiro atoms. The summed E-state index contributed by atoms with van der Waals surface area (Å²) in [6.07, 6.45) is 5.96. The molecule has 1 N–H and O–H groups in total. The fraction of sp³-hybridized carbons (Fsp3) is 0.281. The van der Waals surface area contributed by atoms with Crippen LogP contribution in [0.15, 0.2) is 95.7 Å². The molecule has 0 radical (unpaired) electrons. The first-order chi connectivity index (χ1) is 19.5. The topological polar surface area (TPSA) is 76.2 Å². The summed E-state index contributed by atoms with van der Waals surface area (Å²) in [7, 11) is 0. The normalized spacial score (nSPS) is 19.3. The highest BCUT2D eigenvalue weighted by Crippen LogP contribution is 2.61. The second-order valence-corrected chi connectivity index (χ2v) is 12.3. The van der Waals surface area contributed by atoms with Crippen molar-refractivity contribution in [2.24, 2.45) is 0 Å². The maximum atomic E-state index is 11.5. The smallest absolute Gasteiger partial charge is 0.269 e. The number of allylic oxidation sites excluding steroid dienone is 1. The van der Waals surface area contributed by atoms with E-state index in [-0.39, 0.29) is 21.4 Å². The van der Waals surface area contributed by atoms with Crippen molar-refractivity contribution in [3.8, 4) is 5.69 Å². The van der Waals surface area contributed by atoms with Crippen molar-refractivity contribution < 1.29 is 4.92 Å². The van der Waals surface area contributed by atoms with E-state index in [0.29, 0.717) is 0 Å². The predicted molar refractivity (Wildman–Crippen MR) is 159 cm³/mol. The minimum atomic E-state index is -0.329. The van der Waals surface area contributed by atoms with Gasteiger partial charge in [-0.1, -0.05) is 91.7 Å². The molecule has 3 aliphatic rings. The molecule has 7 nitrogen and oxygen atoms in total. The van der Waals surface area contributed by atoms with E-state index in [0.717, 1.165) is 53.5 Å². The maximum Gasteiger partial charge on any atom is 0.269 e. The molecule has 8 heteroatoms. The minimum absolute atomic E-state index is 0.0207. The number of aromatic nitrogens is 2. The quantitative estimate of drug-likeness (QED) is 0.203. The van der Waals surface area contributed by atoms with Crippen LogP contribution in [-0.2, 0) is 6.54 Å². The van der Waals surface area contributed by atoms with Gasteiger partial charge in [0.15, 0.2) is 0 Å². The van der Waals surface area contributed by atoms with Crippen LogP contribution < -0.4 is 5.32 Å². The monoisotopic (exact) mass is 549 g/mol. The number of fused-ring (bicyclic) bond motifs is 1. The Hall–Kier alpha value is -4.04. The van der Waals surface area contributed by atoms with Gasteiger partial charge in [0, 0.05) is 35.1 Å². The number of nitro groups is 1. The molecule has 0 amide bonds. The second-order valence-electron chi connectivity index (χ2n) is 10.9. The van der Waals surface area contributed by atoms with Crippen molar-refractivity contribution in [1.82, 2.24) is 14.7 Å². The van der Waals surface area contributed by atoms with E-state index in [4.69, 9.17) is 5.10 Å². The number of nitro benzene ring substituents is 1. The third-order valence-corrected chi connectivity index (χ3v) is 10.1. The lowest BCUT2D eigenvalue weighted by Crippen LogP contribution is -2.44. The highest BCUT2D eigenvalue weighted by atomic mass is 32.2. The number of hydrogen-bond acceptors (Lipinski definition) is 6. The van der Waals surface area contributed by atoms with Crippen molar-refractivity contribution in [2.75, 3.05) is 5.32 Å². The molecule has 1 aliphatic carbocycles. The summed E-state index contributed by atoms with van der Waals surface area (Å²) in [5.74, 6) is 2.05. The molecule has 1 saturated carbocycles. The summed E-state index contributed by atoms with van der Waals surface area (Å²) in [4.78, 5) is 15.0. The van der Waals surface area contributed by atoms with Gasteiger partial charge in [-0.05, 0) is 43.0 Å². The summed E-state index contributed by atoms with van der Waals surface area (Å²) < 4.78 is 2.02. The van der Waals surface area contributed by atoms with E-state index in [9.17, 15) is 10.1 Å². The summed E-state index contributed by atoms with van der Waals surface area (Å²) in [5.41, 5.74) is 5.54. The van der Waals surface area contributed by atoms with Crippen LogP contribution in [0, 0.1) is 17.0 Å². The number of rotatable bonds is 5. The molecular weight excluding hydrogens is 518 g/mol. The molecule has 1 unspecified atom stereocenters. The largest absolute Gasteiger partial charge is 0.338 e. The molecular formula is C32H31N5O2S. The lowest BCUT2D eigenvalue weighted by Gasteiger charge is -2.43. The van der Waals surface area contributed by atoms with Gasteiger partial charge < -0.3 is 10.2 Å². The van der Waals surface area contributed by atoms with Crippen LogP contribution in [0.1, 0.15) is 60.4 Å². The lowest BCUT2D eigenvalue weighted by molar-refractivity contribution is -0.384. The Kier molecular flexibility index (Phi) is 6.15. The minimum Gasteiger partial charge on any atom is -0.338 e. The zero-order valence-electron chi connectivity index (χ0n) is 22.4. The third-order valence-electron chi connectivity index (χ3n) is 8.45. The summed E-state index contributed by atoms with van der Waals surface area (Å²) in [6.45, 7) is 2.89. The molecule has 40 heavy (non-hydrogen) atoms. The summed E-state index contributed by atoms with van der Waals surface area (Å²) in [6, 6.07) is 28.1. The first-order valence-electron chi connectivity index (χ1n) is 14.0. The Morgan fingerprint density at radius 1 is 0.975 bits per heavy atom. The van der Waals surface area contributed by atoms with Crippen LogP contribution >= 0.6 is 11.8 Å². The molecule has 3 heterocycles. The third kappa shape index (κ3) is 4.09. The van der Waals surface area contributed by atoms with E-state index in [1.165, 1.54) is 29.7 Å². The molecule has 1 aromatic heterocycles. The molecule has 3 aromatic carbocycles. The molecule has 202 valence electrons. The Bertz CT molecular complexity index is 1590. The van der Waals surface area contributed by atoms with E-state index in [1.54, 1.807) is 12.1 Å². The van der Waals surface area contributed by atoms with Gasteiger partial charge >= 0.3 is 0 Å². The zero-order valence-corrected chi connectivity index (χ0v) is 23.2. The van der Waals surface area contributed by atoms with Crippen molar-refractivity contribution in [2.45, 2.75) is 56.4 Å². The first-order valence-corrected chi connectivity index (χ1v) is 14.8. The SMILES string of the molecule is Cc1nn(-c2ccccc2)c2c1C(c1ccc([N+](=O)[O-])cc1)C1=C(N2)N(Cc2ccccc2)C2(CCCCC2)S1. The molecule has 1 atom stereocenters. The van der Waals surface area contributed by atoms with Crippen molar-refractivity contribution in [1.29, 1.82) is 0 Å². The Morgan fingerprint density at radius 3 is 2.33 bits per heavy atom. The number of nitrogens with zero attached hydrogens (tertiary/aromatic N) is 4. The van der Waals surface area contributed by atoms with Crippen LogP contribution in [0.4, 0.5) is 11.5 Å². The first kappa shape index (κ1) is 25.0. The molecule has 4 aromatic rings. The Morgan fingerprint density at radius 2 is 1.65 bits per heavy atom. The average molecular weight is 550 g/mol. The molecule has 1 fully saturated rings. The number of anilines is 1. The van der Waals surface area contributed by atoms with E-state index >= 15 is 0 Å². The molecule has 0 bridgehead atoms. The highest BCUT2D eigenvalue weighted by Gasteiger charge is 2.51. The van der Waals surface area contributed by atoms with Gasteiger partial charge in [-0.25, -0.2) is 4.68 Å². The number of non-ortho nitro benzene ring substituents is 1. The van der Waals surface area contributed by atoms with Crippen LogP contribution in [0.2, 0.25) is 0 Å². The summed E-state index contributed by atoms with van der Waals surface area (Å²) >= 11 is 2.01. The van der Waals surface area contributed by atoms with Crippen LogP contribution in [-0.4, -0.2) is 24.5 Å². The molecule has 2 aliphatic heterocycles. The number of para-hydroxylation sites is 1. The molecule has 7 rings (SSSR count). The summed E-state index contributed by atoms with van der Waals surface area (Å²) in [5, 5.41) is 20.4. The van der Waals surface area contributed by atoms with Gasteiger partial charge in [0.1, 0.15) is 11.6 Å².